The Kier molecular flexibility index (Phi) is 29.7. The summed E-state index contributed by atoms with van der Waals surface area (Å²) in [7, 11) is 0. The fourth-order valence-corrected chi connectivity index (χ4v) is 8.92. The minimum absolute atomic E-state index is 0. The molecule has 0 aliphatic carbocycles. The van der Waals surface area contributed by atoms with E-state index in [4.69, 9.17) is 0 Å². The van der Waals surface area contributed by atoms with Crippen LogP contribution in [0.1, 0.15) is 0 Å². The predicted octanol–water partition coefficient (Wildman–Crippen LogP) is -23.1. The molecule has 0 atom stereocenters. The summed E-state index contributed by atoms with van der Waals surface area (Å²) >= 11 is 0. The van der Waals surface area contributed by atoms with E-state index >= 15 is 0 Å². The van der Waals surface area contributed by atoms with E-state index in [0.717, 1.165) is 83.9 Å². The minimum atomic E-state index is 0. The summed E-state index contributed by atoms with van der Waals surface area (Å²) < 4.78 is 0. The van der Waals surface area contributed by atoms with Crippen molar-refractivity contribution in [2.75, 3.05) is 0 Å². The molecule has 435 valence electrons. The van der Waals surface area contributed by atoms with E-state index in [2.05, 4.69) is 153 Å². The molecule has 0 fully saturated rings. The molecule has 5 radical (unpaired) electrons. The van der Waals surface area contributed by atoms with E-state index < -0.39 is 0 Å². The van der Waals surface area contributed by atoms with Gasteiger partial charge < -0.3 is 139 Å². The van der Waals surface area contributed by atoms with Gasteiger partial charge in [0, 0.05) is 127 Å². The molecule has 30 nitrogen and oxygen atoms in total. The summed E-state index contributed by atoms with van der Waals surface area (Å²) in [5.41, 5.74) is 14.9. The zero-order valence-electron chi connectivity index (χ0n) is 44.7. The van der Waals surface area contributed by atoms with Crippen LogP contribution in [0.5, 0.6) is 0 Å². The molecule has 0 unspecified atom stereocenters. The maximum Gasteiger partial charge on any atom is 5.00 e. The number of H-pyrrole nitrogens is 15. The second kappa shape index (κ2) is 36.4. The van der Waals surface area contributed by atoms with Crippen LogP contribution in [0.15, 0.2) is 184 Å². The standard InChI is InChI=1S/5C9H9BN6.5ClH.2Ta/c5*1-4-11-14-7(1)10(8-2-5-12-15-8)9-3-6-13-16-9;;;;;;;/h5*1-6H,(H,11,14)(H,12,15)(H,13,16);5*1H;;/q5*-1;;;;;;2*+5/p-5. The van der Waals surface area contributed by atoms with Crippen molar-refractivity contribution >= 4 is 117 Å². The topological polar surface area (TPSA) is 430 Å². The van der Waals surface area contributed by atoms with Gasteiger partial charge in [0.05, 0.1) is 0 Å². The first-order valence-corrected chi connectivity index (χ1v) is 24.6. The number of rotatable bonds is 15. The monoisotopic (exact) mass is 1600 g/mol. The van der Waals surface area contributed by atoms with E-state index in [-0.39, 0.29) is 140 Å². The van der Waals surface area contributed by atoms with Crippen LogP contribution in [0.25, 0.3) is 0 Å². The van der Waals surface area contributed by atoms with Gasteiger partial charge in [-0.05, 0) is 0 Å². The molecule has 0 aromatic carbocycles. The van der Waals surface area contributed by atoms with Crippen molar-refractivity contribution in [1.29, 1.82) is 0 Å². The number of halogens is 5. The fraction of sp³-hybridized carbons (Fsp3) is 0. The Morgan fingerprint density at radius 1 is 0.149 bits per heavy atom. The van der Waals surface area contributed by atoms with Crippen LogP contribution in [0.2, 0.25) is 0 Å². The summed E-state index contributed by atoms with van der Waals surface area (Å²) in [5.74, 6) is 0. The Morgan fingerprint density at radius 2 is 0.218 bits per heavy atom. The third-order valence-electron chi connectivity index (χ3n) is 12.5. The fourth-order valence-electron chi connectivity index (χ4n) is 8.92. The maximum atomic E-state index is 3.97. The first kappa shape index (κ1) is 70.9. The first-order chi connectivity index (χ1) is 39.7. The van der Waals surface area contributed by atoms with Gasteiger partial charge >= 0.3 is 44.8 Å². The number of aromatic amines is 15. The van der Waals surface area contributed by atoms with Gasteiger partial charge in [0.25, 0.3) is 0 Å². The number of nitrogens with zero attached hydrogens (tertiary/aromatic N) is 15. The van der Waals surface area contributed by atoms with Crippen molar-refractivity contribution in [3.8, 4) is 0 Å². The number of nitrogens with one attached hydrogen (secondary N) is 15. The molecule has 0 aliphatic rings. The molecule has 0 bridgehead atoms. The van der Waals surface area contributed by atoms with E-state index in [1.165, 1.54) is 0 Å². The predicted molar refractivity (Wildman–Crippen MR) is 302 cm³/mol. The number of hydrogen-bond acceptors (Lipinski definition) is 15. The molecule has 15 heterocycles. The molecule has 15 aromatic rings. The quantitative estimate of drug-likeness (QED) is 0.0424. The molecule has 42 heteroatoms. The Morgan fingerprint density at radius 3 is 0.264 bits per heavy atom. The van der Waals surface area contributed by atoms with Crippen molar-refractivity contribution in [3.05, 3.63) is 184 Å². The molecule has 0 saturated carbocycles. The van der Waals surface area contributed by atoms with Gasteiger partial charge in [-0.2, -0.15) is 76.5 Å². The van der Waals surface area contributed by atoms with Crippen molar-refractivity contribution in [3.63, 3.8) is 0 Å². The Bertz CT molecular complexity index is 2860. The van der Waals surface area contributed by atoms with Crippen LogP contribution in [-0.4, -0.2) is 187 Å². The second-order valence-corrected chi connectivity index (χ2v) is 17.3. The van der Waals surface area contributed by atoms with Crippen LogP contribution >= 0.6 is 0 Å². The van der Waals surface area contributed by atoms with Crippen LogP contribution in [-0.2, 0) is 44.8 Å². The summed E-state index contributed by atoms with van der Waals surface area (Å²) in [6, 6.07) is 29.1. The molecular weight excluding hydrogens is 1550 g/mol. The SMILES string of the molecule is [Cl-].[Cl-].[Cl-].[Cl-].[Cl-].[Ta+5].[Ta+5].c1cc([B-](c2ccn[nH]2)c2ccn[nH]2)[nH]n1.c1cc([B-](c2ccn[nH]2)c2ccn[nH]2)[nH]n1.c1cc([B-](c2ccn[nH]2)c2ccn[nH]2)[nH]n1.c1cc([B-](c2ccn[nH]2)c2ccn[nH]2)[nH]n1.c1cc([B-](c2ccn[nH]2)c2ccn[nH]2)[nH]n1. The summed E-state index contributed by atoms with van der Waals surface area (Å²) in [4.78, 5) is 0. The van der Waals surface area contributed by atoms with Crippen LogP contribution in [0.3, 0.4) is 0 Å². The van der Waals surface area contributed by atoms with E-state index in [1.54, 1.807) is 93.0 Å². The summed E-state index contributed by atoms with van der Waals surface area (Å²) in [5, 5.41) is 104. The van der Waals surface area contributed by atoms with Crippen molar-refractivity contribution in [1.82, 2.24) is 153 Å². The molecule has 0 saturated heterocycles. The average Bonchev–Trinajstić information content (AvgIpc) is 2.77. The second-order valence-electron chi connectivity index (χ2n) is 17.3. The molecule has 87 heavy (non-hydrogen) atoms. The normalized spacial score (nSPS) is 10.2. The van der Waals surface area contributed by atoms with Gasteiger partial charge in [-0.15, -0.1) is 83.9 Å². The van der Waals surface area contributed by atoms with Crippen LogP contribution in [0, 0.1) is 0 Å². The molecule has 15 aromatic heterocycles. The summed E-state index contributed by atoms with van der Waals surface area (Å²) in [6.45, 7) is 0.174. The van der Waals surface area contributed by atoms with E-state index in [1.807, 2.05) is 91.0 Å². The first-order valence-electron chi connectivity index (χ1n) is 24.6. The van der Waals surface area contributed by atoms with E-state index in [0.29, 0.717) is 0 Å². The molecule has 15 rings (SSSR count). The van der Waals surface area contributed by atoms with Crippen LogP contribution < -0.4 is 146 Å². The summed E-state index contributed by atoms with van der Waals surface area (Å²) in [6.07, 6.45) is 26.0. The third-order valence-corrected chi connectivity index (χ3v) is 12.5. The zero-order valence-corrected chi connectivity index (χ0v) is 54.9. The van der Waals surface area contributed by atoms with Gasteiger partial charge in [0.15, 0.2) is 0 Å². The average molecular weight is 1600 g/mol. The molecule has 0 spiro atoms. The zero-order chi connectivity index (χ0) is 54.0. The van der Waals surface area contributed by atoms with Gasteiger partial charge in [-0.1, -0.05) is 91.0 Å². The Hall–Kier alpha value is -8.59. The maximum absolute atomic E-state index is 3.97. The molecule has 0 aliphatic heterocycles. The molecule has 0 amide bonds. The molecule has 15 N–H and O–H groups in total. The van der Waals surface area contributed by atoms with Crippen molar-refractivity contribution in [2.24, 2.45) is 0 Å². The Balaban J connectivity index is 0.000000228. The van der Waals surface area contributed by atoms with Crippen molar-refractivity contribution in [2.45, 2.75) is 0 Å². The van der Waals surface area contributed by atoms with Gasteiger partial charge in [0.1, 0.15) is 0 Å². The van der Waals surface area contributed by atoms with Crippen LogP contribution in [0.4, 0.5) is 0 Å². The third kappa shape index (κ3) is 18.0. The largest absolute Gasteiger partial charge is 5.00 e. The number of hydrogen-bond donors (Lipinski definition) is 15. The van der Waals surface area contributed by atoms with Gasteiger partial charge in [0.2, 0.25) is 0 Å². The number of aromatic nitrogens is 30. The minimum Gasteiger partial charge on any atom is -1.00 e. The van der Waals surface area contributed by atoms with Gasteiger partial charge in [-0.25, -0.2) is 0 Å². The van der Waals surface area contributed by atoms with E-state index in [9.17, 15) is 0 Å². The Labute approximate surface area is 556 Å². The smallest absolute Gasteiger partial charge is 1.00 e. The molecular formula is C45H45B5Cl5N30Ta2. The van der Waals surface area contributed by atoms with Crippen molar-refractivity contribution < 1.29 is 107 Å². The van der Waals surface area contributed by atoms with Gasteiger partial charge in [-0.3, -0.25) is 0 Å².